The van der Waals surface area contributed by atoms with Crippen LogP contribution >= 0.6 is 0 Å². The third-order valence-corrected chi connectivity index (χ3v) is 3.62. The number of rotatable bonds is 5. The Labute approximate surface area is 98.2 Å². The zero-order valence-electron chi connectivity index (χ0n) is 10.7. The number of hydrogen-bond donors (Lipinski definition) is 1. The molecule has 1 heterocycles. The molecule has 16 heavy (non-hydrogen) atoms. The van der Waals surface area contributed by atoms with E-state index in [2.05, 4.69) is 30.5 Å². The topological polar surface area (TPSA) is 29.9 Å². The van der Waals surface area contributed by atoms with Crippen LogP contribution in [0.25, 0.3) is 0 Å². The third-order valence-electron chi connectivity index (χ3n) is 3.62. The summed E-state index contributed by atoms with van der Waals surface area (Å²) in [6.07, 6.45) is 7.52. The lowest BCUT2D eigenvalue weighted by molar-refractivity contribution is 0.230. The maximum atomic E-state index is 4.46. The van der Waals surface area contributed by atoms with Crippen molar-refractivity contribution in [2.75, 3.05) is 6.54 Å². The largest absolute Gasteiger partial charge is 0.310 e. The van der Waals surface area contributed by atoms with Crippen LogP contribution in [0.4, 0.5) is 0 Å². The monoisotopic (exact) mass is 221 g/mol. The van der Waals surface area contributed by atoms with Crippen molar-refractivity contribution in [1.29, 1.82) is 0 Å². The Hall–Kier alpha value is -0.830. The van der Waals surface area contributed by atoms with Crippen LogP contribution in [0.5, 0.6) is 0 Å². The van der Waals surface area contributed by atoms with E-state index in [0.717, 1.165) is 12.5 Å². The second-order valence-corrected chi connectivity index (χ2v) is 4.97. The first-order valence-corrected chi connectivity index (χ1v) is 6.46. The normalized spacial score (nSPS) is 18.4. The number of aryl methyl sites for hydroxylation is 2. The highest BCUT2D eigenvalue weighted by atomic mass is 15.3. The quantitative estimate of drug-likeness (QED) is 0.828. The van der Waals surface area contributed by atoms with Crippen molar-refractivity contribution in [2.45, 2.75) is 45.6 Å². The molecule has 1 aliphatic rings. The summed E-state index contributed by atoms with van der Waals surface area (Å²) in [6.45, 7) is 5.45. The molecule has 90 valence electrons. The highest BCUT2D eigenvalue weighted by Crippen LogP contribution is 2.38. The van der Waals surface area contributed by atoms with E-state index < -0.39 is 0 Å². The average molecular weight is 221 g/mol. The van der Waals surface area contributed by atoms with Crippen molar-refractivity contribution in [2.24, 2.45) is 13.0 Å². The van der Waals surface area contributed by atoms with Gasteiger partial charge in [-0.05, 0) is 38.6 Å². The fourth-order valence-corrected chi connectivity index (χ4v) is 2.53. The van der Waals surface area contributed by atoms with Crippen LogP contribution in [0.15, 0.2) is 6.20 Å². The molecule has 1 aromatic rings. The molecule has 0 radical (unpaired) electrons. The molecule has 0 aromatic carbocycles. The summed E-state index contributed by atoms with van der Waals surface area (Å²) in [6, 6.07) is 0.530. The second kappa shape index (κ2) is 5.00. The fraction of sp³-hybridized carbons (Fsp3) is 0.769. The first-order valence-electron chi connectivity index (χ1n) is 6.46. The minimum Gasteiger partial charge on any atom is -0.310 e. The van der Waals surface area contributed by atoms with E-state index in [4.69, 9.17) is 0 Å². The van der Waals surface area contributed by atoms with Crippen LogP contribution in [0.3, 0.4) is 0 Å². The summed E-state index contributed by atoms with van der Waals surface area (Å²) in [4.78, 5) is 0. The molecule has 3 heteroatoms. The van der Waals surface area contributed by atoms with Crippen LogP contribution in [0.1, 0.15) is 49.9 Å². The second-order valence-electron chi connectivity index (χ2n) is 4.97. The molecular weight excluding hydrogens is 198 g/mol. The number of nitrogens with zero attached hydrogens (tertiary/aromatic N) is 2. The van der Waals surface area contributed by atoms with E-state index >= 15 is 0 Å². The molecule has 1 aliphatic carbocycles. The first kappa shape index (κ1) is 11.6. The van der Waals surface area contributed by atoms with Gasteiger partial charge in [0.15, 0.2) is 0 Å². The van der Waals surface area contributed by atoms with Crippen molar-refractivity contribution in [3.63, 3.8) is 0 Å². The SMILES string of the molecule is CCCNC(c1cn(C)nc1C)C1CCC1. The van der Waals surface area contributed by atoms with E-state index in [9.17, 15) is 0 Å². The van der Waals surface area contributed by atoms with Gasteiger partial charge >= 0.3 is 0 Å². The molecule has 1 saturated carbocycles. The van der Waals surface area contributed by atoms with Gasteiger partial charge in [-0.1, -0.05) is 13.3 Å². The molecule has 1 aromatic heterocycles. The Kier molecular flexibility index (Phi) is 3.64. The maximum absolute atomic E-state index is 4.46. The van der Waals surface area contributed by atoms with Crippen LogP contribution in [-0.2, 0) is 7.05 Å². The van der Waals surface area contributed by atoms with Crippen molar-refractivity contribution < 1.29 is 0 Å². The van der Waals surface area contributed by atoms with Crippen LogP contribution in [0, 0.1) is 12.8 Å². The summed E-state index contributed by atoms with van der Waals surface area (Å²) in [5.74, 6) is 0.828. The van der Waals surface area contributed by atoms with E-state index in [-0.39, 0.29) is 0 Å². The van der Waals surface area contributed by atoms with Gasteiger partial charge < -0.3 is 5.32 Å². The molecule has 1 fully saturated rings. The highest BCUT2D eigenvalue weighted by Gasteiger charge is 2.29. The van der Waals surface area contributed by atoms with Gasteiger partial charge in [0.1, 0.15) is 0 Å². The molecule has 1 unspecified atom stereocenters. The van der Waals surface area contributed by atoms with E-state index in [1.54, 1.807) is 0 Å². The zero-order chi connectivity index (χ0) is 11.5. The standard InChI is InChI=1S/C13H23N3/c1-4-8-14-13(11-6-5-7-11)12-9-16(3)15-10(12)2/h9,11,13-14H,4-8H2,1-3H3. The van der Waals surface area contributed by atoms with Gasteiger partial charge in [-0.15, -0.1) is 0 Å². The van der Waals surface area contributed by atoms with Crippen molar-refractivity contribution in [3.8, 4) is 0 Å². The number of nitrogens with one attached hydrogen (secondary N) is 1. The number of aromatic nitrogens is 2. The minimum atomic E-state index is 0.530. The molecule has 2 rings (SSSR count). The van der Waals surface area contributed by atoms with E-state index in [1.807, 2.05) is 11.7 Å². The first-order chi connectivity index (χ1) is 7.72. The van der Waals surface area contributed by atoms with E-state index in [0.29, 0.717) is 6.04 Å². The summed E-state index contributed by atoms with van der Waals surface area (Å²) in [7, 11) is 2.01. The minimum absolute atomic E-state index is 0.530. The molecule has 0 spiro atoms. The van der Waals surface area contributed by atoms with Crippen LogP contribution in [0.2, 0.25) is 0 Å². The predicted molar refractivity (Wildman–Crippen MR) is 66.3 cm³/mol. The number of hydrogen-bond acceptors (Lipinski definition) is 2. The van der Waals surface area contributed by atoms with Gasteiger partial charge in [0.05, 0.1) is 5.69 Å². The van der Waals surface area contributed by atoms with Gasteiger partial charge in [-0.25, -0.2) is 0 Å². The Morgan fingerprint density at radius 3 is 2.75 bits per heavy atom. The van der Waals surface area contributed by atoms with Crippen molar-refractivity contribution in [1.82, 2.24) is 15.1 Å². The van der Waals surface area contributed by atoms with Crippen molar-refractivity contribution >= 4 is 0 Å². The van der Waals surface area contributed by atoms with Crippen LogP contribution < -0.4 is 5.32 Å². The predicted octanol–water partition coefficient (Wildman–Crippen LogP) is 2.57. The molecule has 3 nitrogen and oxygen atoms in total. The molecule has 0 amide bonds. The lowest BCUT2D eigenvalue weighted by atomic mass is 9.77. The Morgan fingerprint density at radius 1 is 1.56 bits per heavy atom. The lowest BCUT2D eigenvalue weighted by Crippen LogP contribution is -2.32. The zero-order valence-corrected chi connectivity index (χ0v) is 10.7. The fourth-order valence-electron chi connectivity index (χ4n) is 2.53. The van der Waals surface area contributed by atoms with Crippen LogP contribution in [-0.4, -0.2) is 16.3 Å². The Bertz CT molecular complexity index is 339. The molecule has 0 aliphatic heterocycles. The van der Waals surface area contributed by atoms with Gasteiger partial charge in [0, 0.05) is 24.8 Å². The van der Waals surface area contributed by atoms with Gasteiger partial charge in [0.2, 0.25) is 0 Å². The molecule has 1 N–H and O–H groups in total. The average Bonchev–Trinajstić information content (AvgIpc) is 2.49. The highest BCUT2D eigenvalue weighted by molar-refractivity contribution is 5.21. The maximum Gasteiger partial charge on any atom is 0.0641 e. The summed E-state index contributed by atoms with van der Waals surface area (Å²) < 4.78 is 1.93. The Morgan fingerprint density at radius 2 is 2.31 bits per heavy atom. The lowest BCUT2D eigenvalue weighted by Gasteiger charge is -2.34. The Balaban J connectivity index is 2.13. The summed E-state index contributed by atoms with van der Waals surface area (Å²) >= 11 is 0. The summed E-state index contributed by atoms with van der Waals surface area (Å²) in [5.41, 5.74) is 2.59. The van der Waals surface area contributed by atoms with Crippen molar-refractivity contribution in [3.05, 3.63) is 17.5 Å². The molecule has 0 saturated heterocycles. The summed E-state index contributed by atoms with van der Waals surface area (Å²) in [5, 5.41) is 8.15. The van der Waals surface area contributed by atoms with Gasteiger partial charge in [-0.3, -0.25) is 4.68 Å². The third kappa shape index (κ3) is 2.29. The van der Waals surface area contributed by atoms with Gasteiger partial charge in [0.25, 0.3) is 0 Å². The molecule has 0 bridgehead atoms. The van der Waals surface area contributed by atoms with Gasteiger partial charge in [-0.2, -0.15) is 5.10 Å². The smallest absolute Gasteiger partial charge is 0.0641 e. The molecule has 1 atom stereocenters. The van der Waals surface area contributed by atoms with E-state index in [1.165, 1.54) is 36.9 Å². The molecular formula is C13H23N3.